The number of carbonyl (C=O) groups is 3. The zero-order valence-corrected chi connectivity index (χ0v) is 26.5. The van der Waals surface area contributed by atoms with E-state index in [0.29, 0.717) is 16.7 Å². The van der Waals surface area contributed by atoms with Crippen LogP contribution < -0.4 is 5.73 Å². The van der Waals surface area contributed by atoms with Crippen LogP contribution in [0.3, 0.4) is 0 Å². The molecule has 13 heteroatoms. The predicted molar refractivity (Wildman–Crippen MR) is 173 cm³/mol. The van der Waals surface area contributed by atoms with Crippen LogP contribution in [0.1, 0.15) is 54.0 Å². The maximum atomic E-state index is 13.5. The van der Waals surface area contributed by atoms with Gasteiger partial charge in [0.25, 0.3) is 0 Å². The average molecular weight is 654 g/mol. The van der Waals surface area contributed by atoms with Gasteiger partial charge in [-0.15, -0.1) is 0 Å². The largest absolute Gasteiger partial charge is 0.459 e. The molecule has 3 N–H and O–H groups in total. The predicted octanol–water partition coefficient (Wildman–Crippen LogP) is 5.20. The smallest absolute Gasteiger partial charge is 0.338 e. The molecule has 1 aliphatic heterocycles. The van der Waals surface area contributed by atoms with Crippen LogP contribution >= 0.6 is 12.2 Å². The van der Waals surface area contributed by atoms with Crippen molar-refractivity contribution in [2.45, 2.75) is 45.3 Å². The minimum atomic E-state index is -1.24. The van der Waals surface area contributed by atoms with Gasteiger partial charge in [0.2, 0.25) is 0 Å². The number of nitrogens with one attached hydrogen (secondary N) is 1. The van der Waals surface area contributed by atoms with Gasteiger partial charge in [-0.25, -0.2) is 24.4 Å². The lowest BCUT2D eigenvalue weighted by Gasteiger charge is -2.25. The quantitative estimate of drug-likeness (QED) is 0.129. The molecule has 12 nitrogen and oxygen atoms in total. The number of nitrogens with two attached hydrogens (primary N) is 1. The number of hydrogen-bond donors (Lipinski definition) is 2. The van der Waals surface area contributed by atoms with Crippen LogP contribution in [0.25, 0.3) is 11.2 Å². The molecule has 3 aromatic carbocycles. The lowest BCUT2D eigenvalue weighted by molar-refractivity contribution is -0.0606. The van der Waals surface area contributed by atoms with Crippen molar-refractivity contribution >= 4 is 47.2 Å². The first-order chi connectivity index (χ1) is 22.6. The fraction of sp³-hybridized carbons (Fsp3) is 0.235. The fourth-order valence-electron chi connectivity index (χ4n) is 5.17. The summed E-state index contributed by atoms with van der Waals surface area (Å²) in [6, 6.07) is 20.5. The molecule has 6 rings (SSSR count). The molecule has 0 saturated carbocycles. The number of imidazole rings is 1. The Bertz CT molecular complexity index is 2010. The monoisotopic (exact) mass is 653 g/mol. The van der Waals surface area contributed by atoms with E-state index in [1.165, 1.54) is 10.9 Å². The molecule has 3 heterocycles. The average Bonchev–Trinajstić information content (AvgIpc) is 3.61. The molecule has 1 saturated heterocycles. The Labute approximate surface area is 274 Å². The molecule has 0 radical (unpaired) electrons. The van der Waals surface area contributed by atoms with Gasteiger partial charge in [0.05, 0.1) is 23.0 Å². The number of nitrogens with zero attached hydrogens (tertiary/aromatic N) is 3. The maximum Gasteiger partial charge on any atom is 0.338 e. The van der Waals surface area contributed by atoms with E-state index < -0.39 is 42.4 Å². The van der Waals surface area contributed by atoms with Gasteiger partial charge in [0, 0.05) is 0 Å². The first-order valence-electron chi connectivity index (χ1n) is 14.7. The number of nitrogen functional groups attached to an aromatic ring is 1. The van der Waals surface area contributed by atoms with E-state index in [1.807, 2.05) is 20.8 Å². The number of aryl methyl sites for hydroxylation is 3. The number of carbonyl (C=O) groups excluding carboxylic acids is 3. The van der Waals surface area contributed by atoms with E-state index in [-0.39, 0.29) is 28.3 Å². The summed E-state index contributed by atoms with van der Waals surface area (Å²) in [6.45, 7) is 5.36. The van der Waals surface area contributed by atoms with Crippen molar-refractivity contribution in [3.05, 3.63) is 117 Å². The topological polar surface area (TPSA) is 161 Å². The fourth-order valence-corrected chi connectivity index (χ4v) is 5.42. The Morgan fingerprint density at radius 3 is 1.83 bits per heavy atom. The van der Waals surface area contributed by atoms with Gasteiger partial charge < -0.3 is 29.7 Å². The molecule has 0 aliphatic carbocycles. The van der Waals surface area contributed by atoms with Crippen LogP contribution in [0, 0.1) is 25.4 Å². The van der Waals surface area contributed by atoms with Crippen LogP contribution in [0.4, 0.5) is 5.95 Å². The number of benzene rings is 3. The number of aromatic nitrogens is 4. The molecule has 1 fully saturated rings. The molecule has 0 spiro atoms. The van der Waals surface area contributed by atoms with E-state index in [1.54, 1.807) is 72.8 Å². The number of hydrogen-bond acceptors (Lipinski definition) is 11. The Balaban J connectivity index is 1.39. The molecular weight excluding hydrogens is 622 g/mol. The van der Waals surface area contributed by atoms with E-state index in [4.69, 9.17) is 36.9 Å². The number of rotatable bonds is 8. The van der Waals surface area contributed by atoms with Gasteiger partial charge >= 0.3 is 17.9 Å². The molecule has 240 valence electrons. The number of anilines is 1. The normalized spacial score (nSPS) is 19.0. The van der Waals surface area contributed by atoms with Gasteiger partial charge in [-0.3, -0.25) is 4.57 Å². The summed E-state index contributed by atoms with van der Waals surface area (Å²) in [5.74, 6) is -1.95. The number of ether oxygens (including phenoxy) is 4. The molecule has 0 bridgehead atoms. The number of fused-ring (bicyclic) bond motifs is 1. The minimum Gasteiger partial charge on any atom is -0.459 e. The van der Waals surface area contributed by atoms with Crippen molar-refractivity contribution in [2.24, 2.45) is 0 Å². The highest BCUT2D eigenvalue weighted by Crippen LogP contribution is 2.37. The first-order valence-corrected chi connectivity index (χ1v) is 15.1. The summed E-state index contributed by atoms with van der Waals surface area (Å²) < 4.78 is 25.8. The molecule has 0 unspecified atom stereocenters. The zero-order chi connectivity index (χ0) is 33.2. The van der Waals surface area contributed by atoms with Crippen LogP contribution in [0.2, 0.25) is 0 Å². The molecule has 4 atom stereocenters. The molecule has 0 amide bonds. The molecule has 5 aromatic rings. The maximum absolute atomic E-state index is 13.5. The standard InChI is InChI=1S/C34H31N5O7S/c1-18-4-10-21(11-5-18)31(40)43-16-24-26(45-32(41)22-12-6-19(2)7-13-22)27(46-33(42)23-14-8-20(3)9-15-23)30(44-24)39-17-36-25-28(39)37-34(35)38-29(25)47/h4-15,17,24,26-27,30H,16H2,1-3H3,(H3,35,37,38,47)/t24-,26-,27+,30-/m1/s1. The van der Waals surface area contributed by atoms with E-state index in [0.717, 1.165) is 16.7 Å². The second-order valence-corrected chi connectivity index (χ2v) is 11.7. The van der Waals surface area contributed by atoms with Crippen LogP contribution in [0.5, 0.6) is 0 Å². The highest BCUT2D eigenvalue weighted by Gasteiger charge is 2.51. The third-order valence-corrected chi connectivity index (χ3v) is 8.04. The van der Waals surface area contributed by atoms with Gasteiger partial charge in [-0.05, 0) is 57.2 Å². The molecule has 1 aliphatic rings. The van der Waals surface area contributed by atoms with Gasteiger partial charge in [-0.1, -0.05) is 65.3 Å². The second kappa shape index (κ2) is 13.1. The molecular formula is C34H31N5O7S. The van der Waals surface area contributed by atoms with Crippen molar-refractivity contribution in [2.75, 3.05) is 12.3 Å². The summed E-state index contributed by atoms with van der Waals surface area (Å²) in [6.07, 6.45) is -3.24. The van der Waals surface area contributed by atoms with E-state index in [9.17, 15) is 14.4 Å². The Morgan fingerprint density at radius 2 is 1.30 bits per heavy atom. The summed E-state index contributed by atoms with van der Waals surface area (Å²) >= 11 is 5.35. The van der Waals surface area contributed by atoms with Crippen LogP contribution in [-0.4, -0.2) is 62.3 Å². The minimum absolute atomic E-state index is 0.0290. The third kappa shape index (κ3) is 6.76. The third-order valence-electron chi connectivity index (χ3n) is 7.75. The van der Waals surface area contributed by atoms with Crippen molar-refractivity contribution in [3.8, 4) is 0 Å². The highest BCUT2D eigenvalue weighted by molar-refractivity contribution is 7.71. The molecule has 2 aromatic heterocycles. The van der Waals surface area contributed by atoms with Crippen LogP contribution in [0.15, 0.2) is 79.1 Å². The summed E-state index contributed by atoms with van der Waals surface area (Å²) in [5, 5.41) is 0. The van der Waals surface area contributed by atoms with Crippen molar-refractivity contribution in [1.82, 2.24) is 19.5 Å². The van der Waals surface area contributed by atoms with Crippen molar-refractivity contribution in [3.63, 3.8) is 0 Å². The van der Waals surface area contributed by atoms with Gasteiger partial charge in [0.15, 0.2) is 29.0 Å². The molecule has 47 heavy (non-hydrogen) atoms. The summed E-state index contributed by atoms with van der Waals surface area (Å²) in [5.41, 5.74) is 10.4. The van der Waals surface area contributed by atoms with Gasteiger partial charge in [0.1, 0.15) is 23.9 Å². The van der Waals surface area contributed by atoms with E-state index >= 15 is 0 Å². The van der Waals surface area contributed by atoms with Crippen molar-refractivity contribution in [1.29, 1.82) is 0 Å². The lowest BCUT2D eigenvalue weighted by atomic mass is 10.1. The second-order valence-electron chi connectivity index (χ2n) is 11.3. The van der Waals surface area contributed by atoms with Crippen LogP contribution in [-0.2, 0) is 18.9 Å². The van der Waals surface area contributed by atoms with E-state index in [2.05, 4.69) is 15.0 Å². The Morgan fingerprint density at radius 1 is 0.809 bits per heavy atom. The number of aromatic amines is 1. The Kier molecular flexibility index (Phi) is 8.83. The number of esters is 3. The highest BCUT2D eigenvalue weighted by atomic mass is 32.1. The zero-order valence-electron chi connectivity index (χ0n) is 25.7. The summed E-state index contributed by atoms with van der Waals surface area (Å²) in [7, 11) is 0. The SMILES string of the molecule is Cc1ccc(C(=O)OC[C@H]2O[C@@H](n3cnc4c(=S)nc(N)[nH]c43)[C@@H](OC(=O)c3ccc(C)cc3)[C@@H]2OC(=O)c2ccc(C)cc2)cc1. The van der Waals surface area contributed by atoms with Gasteiger partial charge in [-0.2, -0.15) is 0 Å². The lowest BCUT2D eigenvalue weighted by Crippen LogP contribution is -2.41. The number of H-pyrrole nitrogens is 1. The Hall–Kier alpha value is -5.40. The first kappa shape index (κ1) is 31.6. The van der Waals surface area contributed by atoms with Crippen molar-refractivity contribution < 1.29 is 33.3 Å². The summed E-state index contributed by atoms with van der Waals surface area (Å²) in [4.78, 5) is 51.4.